The van der Waals surface area contributed by atoms with E-state index in [9.17, 15) is 0 Å². The van der Waals surface area contributed by atoms with Gasteiger partial charge in [-0.3, -0.25) is 4.68 Å². The molecule has 2 rings (SSSR count). The highest BCUT2D eigenvalue weighted by atomic mass is 16.3. The molecule has 2 aromatic rings. The monoisotopic (exact) mass is 191 g/mol. The Bertz CT molecular complexity index is 378. The standard InChI is InChI=1S/C10H13N3O/c1-2-3-9-4-5-12-13(9)8-10-11-6-7-14-10/h4-7H,2-3,8H2,1H3. The van der Waals surface area contributed by atoms with Crippen molar-refractivity contribution in [3.63, 3.8) is 0 Å². The van der Waals surface area contributed by atoms with Crippen molar-refractivity contribution in [2.24, 2.45) is 0 Å². The molecule has 0 saturated heterocycles. The molecule has 0 aliphatic rings. The van der Waals surface area contributed by atoms with Crippen molar-refractivity contribution in [2.45, 2.75) is 26.3 Å². The number of oxazole rings is 1. The first-order valence-electron chi connectivity index (χ1n) is 4.79. The summed E-state index contributed by atoms with van der Waals surface area (Å²) in [6, 6.07) is 2.03. The lowest BCUT2D eigenvalue weighted by atomic mass is 10.2. The number of rotatable bonds is 4. The molecule has 0 spiro atoms. The highest BCUT2D eigenvalue weighted by Crippen LogP contribution is 2.05. The molecule has 0 unspecified atom stereocenters. The Kier molecular flexibility index (Phi) is 2.62. The first-order chi connectivity index (χ1) is 6.90. The van der Waals surface area contributed by atoms with E-state index in [1.807, 2.05) is 16.9 Å². The number of aryl methyl sites for hydroxylation is 1. The molecule has 0 fully saturated rings. The van der Waals surface area contributed by atoms with Crippen LogP contribution < -0.4 is 0 Å². The quantitative estimate of drug-likeness (QED) is 0.741. The van der Waals surface area contributed by atoms with Crippen molar-refractivity contribution < 1.29 is 4.42 Å². The van der Waals surface area contributed by atoms with Crippen LogP contribution in [0.25, 0.3) is 0 Å². The summed E-state index contributed by atoms with van der Waals surface area (Å²) in [5.74, 6) is 0.700. The van der Waals surface area contributed by atoms with E-state index in [0.29, 0.717) is 12.4 Å². The zero-order chi connectivity index (χ0) is 9.80. The van der Waals surface area contributed by atoms with Crippen molar-refractivity contribution in [3.8, 4) is 0 Å². The largest absolute Gasteiger partial charge is 0.447 e. The number of hydrogen-bond donors (Lipinski definition) is 0. The summed E-state index contributed by atoms with van der Waals surface area (Å²) in [6.07, 6.45) is 7.21. The van der Waals surface area contributed by atoms with E-state index in [1.165, 1.54) is 5.69 Å². The van der Waals surface area contributed by atoms with Crippen LogP contribution in [0.4, 0.5) is 0 Å². The van der Waals surface area contributed by atoms with Gasteiger partial charge in [0, 0.05) is 11.9 Å². The fourth-order valence-electron chi connectivity index (χ4n) is 1.43. The molecule has 0 saturated carbocycles. The van der Waals surface area contributed by atoms with E-state index in [2.05, 4.69) is 17.0 Å². The molecule has 14 heavy (non-hydrogen) atoms. The molecule has 0 aliphatic carbocycles. The van der Waals surface area contributed by atoms with Gasteiger partial charge in [-0.15, -0.1) is 0 Å². The molecule has 0 radical (unpaired) electrons. The zero-order valence-electron chi connectivity index (χ0n) is 8.18. The Morgan fingerprint density at radius 3 is 3.07 bits per heavy atom. The smallest absolute Gasteiger partial charge is 0.215 e. The average molecular weight is 191 g/mol. The van der Waals surface area contributed by atoms with Crippen LogP contribution in [-0.4, -0.2) is 14.8 Å². The summed E-state index contributed by atoms with van der Waals surface area (Å²) in [5, 5.41) is 4.23. The highest BCUT2D eigenvalue weighted by molar-refractivity contribution is 5.01. The summed E-state index contributed by atoms with van der Waals surface area (Å²) in [5.41, 5.74) is 1.23. The highest BCUT2D eigenvalue weighted by Gasteiger charge is 2.04. The Morgan fingerprint density at radius 2 is 2.36 bits per heavy atom. The van der Waals surface area contributed by atoms with Crippen LogP contribution in [0, 0.1) is 0 Å². The molecule has 4 nitrogen and oxygen atoms in total. The number of hydrogen-bond acceptors (Lipinski definition) is 3. The minimum atomic E-state index is 0.620. The summed E-state index contributed by atoms with van der Waals surface area (Å²) in [4.78, 5) is 4.06. The molecule has 0 amide bonds. The Balaban J connectivity index is 2.12. The molecule has 0 N–H and O–H groups in total. The van der Waals surface area contributed by atoms with Crippen molar-refractivity contribution in [2.75, 3.05) is 0 Å². The lowest BCUT2D eigenvalue weighted by molar-refractivity contribution is 0.458. The van der Waals surface area contributed by atoms with E-state index in [-0.39, 0.29) is 0 Å². The average Bonchev–Trinajstić information content (AvgIpc) is 2.80. The van der Waals surface area contributed by atoms with Crippen molar-refractivity contribution in [1.82, 2.24) is 14.8 Å². The summed E-state index contributed by atoms with van der Waals surface area (Å²) < 4.78 is 7.09. The second-order valence-corrected chi connectivity index (χ2v) is 3.16. The van der Waals surface area contributed by atoms with E-state index in [0.717, 1.165) is 12.8 Å². The van der Waals surface area contributed by atoms with Crippen molar-refractivity contribution >= 4 is 0 Å². The van der Waals surface area contributed by atoms with Crippen molar-refractivity contribution in [1.29, 1.82) is 0 Å². The maximum absolute atomic E-state index is 5.17. The normalized spacial score (nSPS) is 10.6. The molecular weight excluding hydrogens is 178 g/mol. The van der Waals surface area contributed by atoms with Gasteiger partial charge in [0.05, 0.1) is 6.20 Å². The zero-order valence-corrected chi connectivity index (χ0v) is 8.18. The number of nitrogens with zero attached hydrogens (tertiary/aromatic N) is 3. The SMILES string of the molecule is CCCc1ccnn1Cc1ncco1. The maximum atomic E-state index is 5.17. The van der Waals surface area contributed by atoms with Crippen LogP contribution in [0.5, 0.6) is 0 Å². The maximum Gasteiger partial charge on any atom is 0.215 e. The summed E-state index contributed by atoms with van der Waals surface area (Å²) in [7, 11) is 0. The minimum absolute atomic E-state index is 0.620. The Morgan fingerprint density at radius 1 is 1.43 bits per heavy atom. The van der Waals surface area contributed by atoms with Gasteiger partial charge in [0.1, 0.15) is 12.8 Å². The minimum Gasteiger partial charge on any atom is -0.447 e. The van der Waals surface area contributed by atoms with E-state index in [4.69, 9.17) is 4.42 Å². The van der Waals surface area contributed by atoms with Gasteiger partial charge in [-0.05, 0) is 12.5 Å². The molecule has 0 aliphatic heterocycles. The predicted octanol–water partition coefficient (Wildman–Crippen LogP) is 1.87. The summed E-state index contributed by atoms with van der Waals surface area (Å²) >= 11 is 0. The summed E-state index contributed by atoms with van der Waals surface area (Å²) in [6.45, 7) is 2.78. The van der Waals surface area contributed by atoms with Gasteiger partial charge in [-0.2, -0.15) is 5.10 Å². The fourth-order valence-corrected chi connectivity index (χ4v) is 1.43. The first kappa shape index (κ1) is 8.99. The third-order valence-electron chi connectivity index (χ3n) is 2.08. The predicted molar refractivity (Wildman–Crippen MR) is 51.8 cm³/mol. The number of aromatic nitrogens is 3. The fraction of sp³-hybridized carbons (Fsp3) is 0.400. The van der Waals surface area contributed by atoms with Gasteiger partial charge in [0.25, 0.3) is 0 Å². The molecular formula is C10H13N3O. The van der Waals surface area contributed by atoms with Gasteiger partial charge in [-0.25, -0.2) is 4.98 Å². The van der Waals surface area contributed by atoms with Crippen LogP contribution in [0.1, 0.15) is 24.9 Å². The Labute approximate surface area is 82.6 Å². The molecule has 4 heteroatoms. The Hall–Kier alpha value is -1.58. The van der Waals surface area contributed by atoms with E-state index < -0.39 is 0 Å². The molecule has 0 aromatic carbocycles. The van der Waals surface area contributed by atoms with Gasteiger partial charge in [-0.1, -0.05) is 13.3 Å². The van der Waals surface area contributed by atoms with Gasteiger partial charge >= 0.3 is 0 Å². The van der Waals surface area contributed by atoms with Crippen LogP contribution in [0.15, 0.2) is 29.1 Å². The first-order valence-corrected chi connectivity index (χ1v) is 4.79. The van der Waals surface area contributed by atoms with E-state index >= 15 is 0 Å². The lowest BCUT2D eigenvalue weighted by Gasteiger charge is -2.02. The van der Waals surface area contributed by atoms with Crippen LogP contribution in [-0.2, 0) is 13.0 Å². The lowest BCUT2D eigenvalue weighted by Crippen LogP contribution is -2.06. The van der Waals surface area contributed by atoms with Crippen LogP contribution in [0.2, 0.25) is 0 Å². The topological polar surface area (TPSA) is 43.9 Å². The van der Waals surface area contributed by atoms with Gasteiger partial charge in [0.2, 0.25) is 5.89 Å². The second kappa shape index (κ2) is 4.09. The third kappa shape index (κ3) is 1.84. The van der Waals surface area contributed by atoms with Crippen LogP contribution >= 0.6 is 0 Å². The van der Waals surface area contributed by atoms with Gasteiger partial charge < -0.3 is 4.42 Å². The molecule has 0 atom stereocenters. The molecule has 2 aromatic heterocycles. The molecule has 74 valence electrons. The molecule has 2 heterocycles. The van der Waals surface area contributed by atoms with E-state index in [1.54, 1.807) is 12.5 Å². The second-order valence-electron chi connectivity index (χ2n) is 3.16. The third-order valence-corrected chi connectivity index (χ3v) is 2.08. The molecule has 0 bridgehead atoms. The van der Waals surface area contributed by atoms with Gasteiger partial charge in [0.15, 0.2) is 0 Å². The van der Waals surface area contributed by atoms with Crippen molar-refractivity contribution in [3.05, 3.63) is 36.3 Å². The van der Waals surface area contributed by atoms with Crippen LogP contribution in [0.3, 0.4) is 0 Å².